The standard InChI is InChI=1S/C23H31N2S2/c1-4-25(2)16-8-7-9-18(25)14-15-24-20-10-5-6-11-22(20)27-23-13-12-19(26-3)17-21(23)24/h5-6,10-13,17-18H,4,7-9,14-16H2,1-3H3/q+1. The Kier molecular flexibility index (Phi) is 5.77. The molecule has 2 aliphatic rings. The number of hydrogen-bond donors (Lipinski definition) is 0. The van der Waals surface area contributed by atoms with Crippen LogP contribution in [0.25, 0.3) is 0 Å². The molecule has 2 aliphatic heterocycles. The Morgan fingerprint density at radius 2 is 1.93 bits per heavy atom. The number of thioether (sulfide) groups is 1. The first-order chi connectivity index (χ1) is 13.1. The molecule has 0 aliphatic carbocycles. The van der Waals surface area contributed by atoms with Gasteiger partial charge in [-0.2, -0.15) is 0 Å². The summed E-state index contributed by atoms with van der Waals surface area (Å²) in [5.41, 5.74) is 2.78. The van der Waals surface area contributed by atoms with Gasteiger partial charge in [0.25, 0.3) is 0 Å². The Bertz CT molecular complexity index is 807. The molecule has 0 saturated carbocycles. The second-order valence-electron chi connectivity index (χ2n) is 8.01. The van der Waals surface area contributed by atoms with Gasteiger partial charge >= 0.3 is 0 Å². The Morgan fingerprint density at radius 3 is 2.74 bits per heavy atom. The normalized spacial score (nSPS) is 24.4. The predicted octanol–water partition coefficient (Wildman–Crippen LogP) is 6.42. The van der Waals surface area contributed by atoms with Crippen molar-refractivity contribution in [2.45, 2.75) is 53.3 Å². The monoisotopic (exact) mass is 399 g/mol. The molecule has 0 radical (unpaired) electrons. The molecule has 27 heavy (non-hydrogen) atoms. The summed E-state index contributed by atoms with van der Waals surface area (Å²) >= 11 is 3.75. The molecule has 2 heterocycles. The van der Waals surface area contributed by atoms with Crippen molar-refractivity contribution < 1.29 is 4.48 Å². The summed E-state index contributed by atoms with van der Waals surface area (Å²) in [4.78, 5) is 6.72. The van der Waals surface area contributed by atoms with Crippen LogP contribution in [0.15, 0.2) is 57.2 Å². The number of likely N-dealkylation sites (tertiary alicyclic amines) is 1. The lowest BCUT2D eigenvalue weighted by atomic mass is 9.96. The zero-order valence-corrected chi connectivity index (χ0v) is 18.4. The lowest BCUT2D eigenvalue weighted by Crippen LogP contribution is -2.55. The number of nitrogens with zero attached hydrogens (tertiary/aromatic N) is 2. The van der Waals surface area contributed by atoms with Gasteiger partial charge in [0, 0.05) is 27.7 Å². The van der Waals surface area contributed by atoms with E-state index in [1.807, 2.05) is 23.5 Å². The third-order valence-corrected chi connectivity index (χ3v) is 8.43. The van der Waals surface area contributed by atoms with Crippen molar-refractivity contribution in [1.29, 1.82) is 0 Å². The average Bonchev–Trinajstić information content (AvgIpc) is 2.71. The maximum absolute atomic E-state index is 2.59. The van der Waals surface area contributed by atoms with Crippen LogP contribution in [0.1, 0.15) is 32.6 Å². The molecule has 144 valence electrons. The fourth-order valence-electron chi connectivity index (χ4n) is 4.67. The van der Waals surface area contributed by atoms with Crippen LogP contribution >= 0.6 is 23.5 Å². The van der Waals surface area contributed by atoms with Crippen molar-refractivity contribution in [3.05, 3.63) is 42.5 Å². The number of rotatable bonds is 5. The molecule has 0 aromatic heterocycles. The Hall–Kier alpha value is -1.10. The summed E-state index contributed by atoms with van der Waals surface area (Å²) in [6.07, 6.45) is 7.61. The van der Waals surface area contributed by atoms with Crippen molar-refractivity contribution in [1.82, 2.24) is 0 Å². The van der Waals surface area contributed by atoms with E-state index in [2.05, 4.69) is 67.6 Å². The van der Waals surface area contributed by atoms with E-state index in [1.165, 1.54) is 69.3 Å². The van der Waals surface area contributed by atoms with Gasteiger partial charge in [0.1, 0.15) is 0 Å². The number of hydrogen-bond acceptors (Lipinski definition) is 3. The SMILES string of the molecule is CC[N+]1(C)CCCCC1CCN1c2ccccc2Sc2ccc(SC)cc21. The summed E-state index contributed by atoms with van der Waals surface area (Å²) in [6.45, 7) is 6.08. The predicted molar refractivity (Wildman–Crippen MR) is 120 cm³/mol. The van der Waals surface area contributed by atoms with Crippen LogP contribution in [0, 0.1) is 0 Å². The third kappa shape index (κ3) is 3.76. The number of piperidine rings is 1. The first-order valence-corrected chi connectivity index (χ1v) is 12.3. The van der Waals surface area contributed by atoms with Crippen LogP contribution < -0.4 is 4.90 Å². The smallest absolute Gasteiger partial charge is 0.0905 e. The van der Waals surface area contributed by atoms with E-state index in [0.717, 1.165) is 12.6 Å². The summed E-state index contributed by atoms with van der Waals surface area (Å²) in [7, 11) is 2.48. The fraction of sp³-hybridized carbons (Fsp3) is 0.478. The minimum absolute atomic E-state index is 0.790. The fourth-order valence-corrected chi connectivity index (χ4v) is 6.18. The first-order valence-electron chi connectivity index (χ1n) is 10.2. The number of quaternary nitrogens is 1. The molecule has 0 spiro atoms. The van der Waals surface area contributed by atoms with Gasteiger partial charge in [0.15, 0.2) is 0 Å². The molecular formula is C23H31N2S2+. The molecule has 4 rings (SSSR count). The van der Waals surface area contributed by atoms with E-state index in [4.69, 9.17) is 0 Å². The quantitative estimate of drug-likeness (QED) is 0.422. The summed E-state index contributed by atoms with van der Waals surface area (Å²) in [5, 5.41) is 0. The van der Waals surface area contributed by atoms with E-state index in [0.29, 0.717) is 0 Å². The topological polar surface area (TPSA) is 3.24 Å². The number of para-hydroxylation sites is 1. The molecule has 1 fully saturated rings. The Labute approximate surface area is 172 Å². The van der Waals surface area contributed by atoms with E-state index in [9.17, 15) is 0 Å². The van der Waals surface area contributed by atoms with Gasteiger partial charge in [0.2, 0.25) is 0 Å². The van der Waals surface area contributed by atoms with Crippen LogP contribution in [-0.2, 0) is 0 Å². The molecule has 0 N–H and O–H groups in total. The maximum Gasteiger partial charge on any atom is 0.0905 e. The second kappa shape index (κ2) is 8.10. The number of fused-ring (bicyclic) bond motifs is 2. The molecule has 4 heteroatoms. The van der Waals surface area contributed by atoms with E-state index in [-0.39, 0.29) is 0 Å². The summed E-state index contributed by atoms with van der Waals surface area (Å²) < 4.78 is 1.25. The minimum Gasteiger partial charge on any atom is -0.339 e. The van der Waals surface area contributed by atoms with Crippen molar-refractivity contribution in [3.63, 3.8) is 0 Å². The van der Waals surface area contributed by atoms with Crippen molar-refractivity contribution in [3.8, 4) is 0 Å². The average molecular weight is 400 g/mol. The molecule has 2 aromatic carbocycles. The van der Waals surface area contributed by atoms with Crippen molar-refractivity contribution >= 4 is 34.9 Å². The van der Waals surface area contributed by atoms with Crippen molar-refractivity contribution in [2.75, 3.05) is 37.8 Å². The largest absolute Gasteiger partial charge is 0.339 e. The molecule has 2 atom stereocenters. The highest BCUT2D eigenvalue weighted by atomic mass is 32.2. The molecule has 2 aromatic rings. The zero-order valence-electron chi connectivity index (χ0n) is 16.8. The second-order valence-corrected chi connectivity index (χ2v) is 9.98. The van der Waals surface area contributed by atoms with E-state index >= 15 is 0 Å². The van der Waals surface area contributed by atoms with Crippen LogP contribution in [-0.4, -0.2) is 43.5 Å². The van der Waals surface area contributed by atoms with Gasteiger partial charge < -0.3 is 9.38 Å². The van der Waals surface area contributed by atoms with Gasteiger partial charge in [0.05, 0.1) is 37.6 Å². The maximum atomic E-state index is 2.59. The highest BCUT2D eigenvalue weighted by Gasteiger charge is 2.34. The highest BCUT2D eigenvalue weighted by Crippen LogP contribution is 2.49. The first kappa shape index (κ1) is 19.2. The number of anilines is 2. The number of benzene rings is 2. The molecule has 2 unspecified atom stereocenters. The molecule has 2 nitrogen and oxygen atoms in total. The molecule has 0 amide bonds. The Morgan fingerprint density at radius 1 is 1.11 bits per heavy atom. The highest BCUT2D eigenvalue weighted by molar-refractivity contribution is 8.00. The Balaban J connectivity index is 1.63. The van der Waals surface area contributed by atoms with Crippen LogP contribution in [0.2, 0.25) is 0 Å². The van der Waals surface area contributed by atoms with E-state index in [1.54, 1.807) is 0 Å². The van der Waals surface area contributed by atoms with Gasteiger partial charge in [-0.25, -0.2) is 0 Å². The molecule has 0 bridgehead atoms. The van der Waals surface area contributed by atoms with Crippen molar-refractivity contribution in [2.24, 2.45) is 0 Å². The zero-order chi connectivity index (χ0) is 18.9. The third-order valence-electron chi connectivity index (χ3n) is 6.58. The molecule has 1 saturated heterocycles. The van der Waals surface area contributed by atoms with Gasteiger partial charge in [-0.3, -0.25) is 0 Å². The van der Waals surface area contributed by atoms with Crippen LogP contribution in [0.3, 0.4) is 0 Å². The lowest BCUT2D eigenvalue weighted by molar-refractivity contribution is -0.936. The van der Waals surface area contributed by atoms with Gasteiger partial charge in [-0.05, 0) is 62.8 Å². The van der Waals surface area contributed by atoms with Crippen LogP contribution in [0.5, 0.6) is 0 Å². The van der Waals surface area contributed by atoms with E-state index < -0.39 is 0 Å². The van der Waals surface area contributed by atoms with Gasteiger partial charge in [-0.1, -0.05) is 23.9 Å². The minimum atomic E-state index is 0.790. The van der Waals surface area contributed by atoms with Crippen LogP contribution in [0.4, 0.5) is 11.4 Å². The summed E-state index contributed by atoms with van der Waals surface area (Å²) in [6, 6.07) is 16.7. The lowest BCUT2D eigenvalue weighted by Gasteiger charge is -2.45. The summed E-state index contributed by atoms with van der Waals surface area (Å²) in [5.74, 6) is 0. The molecular weight excluding hydrogens is 368 g/mol. The van der Waals surface area contributed by atoms with Gasteiger partial charge in [-0.15, -0.1) is 11.8 Å².